The predicted octanol–water partition coefficient (Wildman–Crippen LogP) is 0.496. The molecule has 3 N–H and O–H groups in total. The molecule has 1 aromatic carbocycles. The normalized spacial score (nSPS) is 19.4. The highest BCUT2D eigenvalue weighted by molar-refractivity contribution is 5.94. The zero-order chi connectivity index (χ0) is 13.8. The van der Waals surface area contributed by atoms with Crippen LogP contribution in [0.2, 0.25) is 0 Å². The van der Waals surface area contributed by atoms with Gasteiger partial charge in [0.15, 0.2) is 0 Å². The highest BCUT2D eigenvalue weighted by Crippen LogP contribution is 2.11. The third-order valence-corrected chi connectivity index (χ3v) is 3.39. The molecular weight excluding hydrogens is 242 g/mol. The molecule has 1 saturated heterocycles. The Morgan fingerprint density at radius 2 is 2.32 bits per heavy atom. The summed E-state index contributed by atoms with van der Waals surface area (Å²) in [6, 6.07) is 7.31. The van der Waals surface area contributed by atoms with E-state index in [2.05, 4.69) is 5.32 Å². The van der Waals surface area contributed by atoms with Gasteiger partial charge in [-0.3, -0.25) is 9.59 Å². The fourth-order valence-electron chi connectivity index (χ4n) is 2.24. The van der Waals surface area contributed by atoms with Crippen molar-refractivity contribution in [1.82, 2.24) is 10.2 Å². The monoisotopic (exact) mass is 261 g/mol. The van der Waals surface area contributed by atoms with Crippen LogP contribution >= 0.6 is 0 Å². The van der Waals surface area contributed by atoms with E-state index in [4.69, 9.17) is 5.73 Å². The van der Waals surface area contributed by atoms with E-state index in [-0.39, 0.29) is 17.9 Å². The van der Waals surface area contributed by atoms with Gasteiger partial charge in [0, 0.05) is 38.2 Å². The molecule has 0 spiro atoms. The van der Waals surface area contributed by atoms with Gasteiger partial charge in [0.2, 0.25) is 5.91 Å². The maximum absolute atomic E-state index is 12.1. The minimum absolute atomic E-state index is 0.0248. The van der Waals surface area contributed by atoms with Gasteiger partial charge in [-0.05, 0) is 24.1 Å². The van der Waals surface area contributed by atoms with E-state index in [1.165, 1.54) is 0 Å². The number of likely N-dealkylation sites (N-methyl/N-ethyl adjacent to an activating group) is 1. The van der Waals surface area contributed by atoms with Gasteiger partial charge in [0.1, 0.15) is 0 Å². The second-order valence-corrected chi connectivity index (χ2v) is 4.89. The van der Waals surface area contributed by atoms with Crippen molar-refractivity contribution in [2.75, 3.05) is 13.6 Å². The second-order valence-electron chi connectivity index (χ2n) is 4.89. The summed E-state index contributed by atoms with van der Waals surface area (Å²) >= 11 is 0. The fourth-order valence-corrected chi connectivity index (χ4v) is 2.24. The highest BCUT2D eigenvalue weighted by Gasteiger charge is 2.24. The van der Waals surface area contributed by atoms with Crippen molar-refractivity contribution in [3.8, 4) is 0 Å². The molecule has 19 heavy (non-hydrogen) atoms. The third-order valence-electron chi connectivity index (χ3n) is 3.39. The van der Waals surface area contributed by atoms with Gasteiger partial charge < -0.3 is 16.0 Å². The molecule has 1 aromatic rings. The summed E-state index contributed by atoms with van der Waals surface area (Å²) in [6.45, 7) is 0.989. The van der Waals surface area contributed by atoms with E-state index in [1.807, 2.05) is 12.1 Å². The molecular formula is C14H19N3O2. The first-order valence-electron chi connectivity index (χ1n) is 6.44. The number of nitrogens with zero attached hydrogens (tertiary/aromatic N) is 1. The lowest BCUT2D eigenvalue weighted by atomic mass is 10.0. The van der Waals surface area contributed by atoms with Gasteiger partial charge in [-0.2, -0.15) is 0 Å². The van der Waals surface area contributed by atoms with Crippen molar-refractivity contribution < 1.29 is 9.59 Å². The maximum atomic E-state index is 12.1. The van der Waals surface area contributed by atoms with Crippen LogP contribution in [0, 0.1) is 0 Å². The van der Waals surface area contributed by atoms with Crippen LogP contribution in [0.15, 0.2) is 24.3 Å². The molecule has 0 aromatic heterocycles. The molecule has 5 nitrogen and oxygen atoms in total. The lowest BCUT2D eigenvalue weighted by Crippen LogP contribution is -2.48. The van der Waals surface area contributed by atoms with Crippen LogP contribution < -0.4 is 11.1 Å². The van der Waals surface area contributed by atoms with Crippen LogP contribution in [0.4, 0.5) is 0 Å². The number of hydrogen-bond acceptors (Lipinski definition) is 3. The van der Waals surface area contributed by atoms with Crippen molar-refractivity contribution in [2.45, 2.75) is 25.4 Å². The lowest BCUT2D eigenvalue weighted by molar-refractivity contribution is -0.132. The Kier molecular flexibility index (Phi) is 4.16. The minimum atomic E-state index is -0.108. The van der Waals surface area contributed by atoms with Crippen LogP contribution in [0.1, 0.15) is 28.8 Å². The molecule has 1 aliphatic rings. The van der Waals surface area contributed by atoms with E-state index in [9.17, 15) is 9.59 Å². The average molecular weight is 261 g/mol. The number of likely N-dealkylation sites (tertiary alicyclic amines) is 1. The average Bonchev–Trinajstić information content (AvgIpc) is 2.43. The fraction of sp³-hybridized carbons (Fsp3) is 0.429. The zero-order valence-electron chi connectivity index (χ0n) is 11.1. The van der Waals surface area contributed by atoms with Gasteiger partial charge in [0.05, 0.1) is 0 Å². The molecule has 2 rings (SSSR count). The molecule has 1 fully saturated rings. The quantitative estimate of drug-likeness (QED) is 0.831. The number of hydrogen-bond donors (Lipinski definition) is 2. The van der Waals surface area contributed by atoms with Crippen LogP contribution in [0.5, 0.6) is 0 Å². The van der Waals surface area contributed by atoms with Crippen molar-refractivity contribution in [3.05, 3.63) is 35.4 Å². The zero-order valence-corrected chi connectivity index (χ0v) is 11.1. The van der Waals surface area contributed by atoms with E-state index in [1.54, 1.807) is 24.1 Å². The van der Waals surface area contributed by atoms with E-state index in [0.29, 0.717) is 31.5 Å². The Hall–Kier alpha value is -1.88. The summed E-state index contributed by atoms with van der Waals surface area (Å²) in [6.07, 6.45) is 1.19. The lowest BCUT2D eigenvalue weighted by Gasteiger charge is -2.30. The first-order chi connectivity index (χ1) is 9.10. The first kappa shape index (κ1) is 13.5. The van der Waals surface area contributed by atoms with Crippen molar-refractivity contribution in [1.29, 1.82) is 0 Å². The van der Waals surface area contributed by atoms with E-state index >= 15 is 0 Å². The standard InChI is InChI=1S/C14H19N3O2/c1-17-9-12(5-6-13(17)18)16-14(19)11-4-2-3-10(7-11)8-15/h2-4,7,12H,5-6,8-9,15H2,1H3,(H,16,19). The van der Waals surface area contributed by atoms with E-state index < -0.39 is 0 Å². The largest absolute Gasteiger partial charge is 0.348 e. The summed E-state index contributed by atoms with van der Waals surface area (Å²) in [4.78, 5) is 25.1. The molecule has 1 atom stereocenters. The van der Waals surface area contributed by atoms with Crippen LogP contribution in [-0.2, 0) is 11.3 Å². The van der Waals surface area contributed by atoms with Gasteiger partial charge in [-0.25, -0.2) is 0 Å². The molecule has 102 valence electrons. The van der Waals surface area contributed by atoms with Crippen LogP contribution in [0.3, 0.4) is 0 Å². The van der Waals surface area contributed by atoms with E-state index in [0.717, 1.165) is 5.56 Å². The topological polar surface area (TPSA) is 75.4 Å². The molecule has 0 aliphatic carbocycles. The molecule has 0 saturated carbocycles. The Balaban J connectivity index is 1.99. The Bertz CT molecular complexity index is 487. The third kappa shape index (κ3) is 3.32. The number of amides is 2. The Morgan fingerprint density at radius 1 is 1.53 bits per heavy atom. The second kappa shape index (κ2) is 5.84. The van der Waals surface area contributed by atoms with Gasteiger partial charge in [0.25, 0.3) is 5.91 Å². The molecule has 1 heterocycles. The number of nitrogens with two attached hydrogens (primary N) is 1. The van der Waals surface area contributed by atoms with Crippen molar-refractivity contribution in [3.63, 3.8) is 0 Å². The summed E-state index contributed by atoms with van der Waals surface area (Å²) in [5, 5.41) is 2.96. The smallest absolute Gasteiger partial charge is 0.251 e. The summed E-state index contributed by atoms with van der Waals surface area (Å²) in [7, 11) is 1.76. The maximum Gasteiger partial charge on any atom is 0.251 e. The Morgan fingerprint density at radius 3 is 3.00 bits per heavy atom. The minimum Gasteiger partial charge on any atom is -0.348 e. The number of nitrogens with one attached hydrogen (secondary N) is 1. The predicted molar refractivity (Wildman–Crippen MR) is 72.5 cm³/mol. The van der Waals surface area contributed by atoms with Crippen molar-refractivity contribution in [2.24, 2.45) is 5.73 Å². The number of benzene rings is 1. The number of piperidine rings is 1. The van der Waals surface area contributed by atoms with Gasteiger partial charge >= 0.3 is 0 Å². The van der Waals surface area contributed by atoms with Crippen molar-refractivity contribution >= 4 is 11.8 Å². The summed E-state index contributed by atoms with van der Waals surface area (Å²) < 4.78 is 0. The van der Waals surface area contributed by atoms with Crippen LogP contribution in [-0.4, -0.2) is 36.3 Å². The summed E-state index contributed by atoms with van der Waals surface area (Å²) in [5.74, 6) is 0.0266. The highest BCUT2D eigenvalue weighted by atomic mass is 16.2. The van der Waals surface area contributed by atoms with Gasteiger partial charge in [-0.15, -0.1) is 0 Å². The SMILES string of the molecule is CN1CC(NC(=O)c2cccc(CN)c2)CCC1=O. The molecule has 2 amide bonds. The Labute approximate surface area is 112 Å². The van der Waals surface area contributed by atoms with Gasteiger partial charge in [-0.1, -0.05) is 12.1 Å². The molecule has 1 unspecified atom stereocenters. The molecule has 0 bridgehead atoms. The number of carbonyl (C=O) groups is 2. The molecule has 0 radical (unpaired) electrons. The number of carbonyl (C=O) groups excluding carboxylic acids is 2. The molecule has 1 aliphatic heterocycles. The summed E-state index contributed by atoms with van der Waals surface area (Å²) in [5.41, 5.74) is 7.11. The molecule has 5 heteroatoms. The first-order valence-corrected chi connectivity index (χ1v) is 6.44. The number of rotatable bonds is 3. The van der Waals surface area contributed by atoms with Crippen LogP contribution in [0.25, 0.3) is 0 Å².